The van der Waals surface area contributed by atoms with Crippen molar-refractivity contribution in [1.29, 1.82) is 0 Å². The number of hydrogen-bond donors (Lipinski definition) is 0. The van der Waals surface area contributed by atoms with Gasteiger partial charge in [0, 0.05) is 5.56 Å². The van der Waals surface area contributed by atoms with Crippen molar-refractivity contribution in [3.63, 3.8) is 0 Å². The minimum absolute atomic E-state index is 0.373. The van der Waals surface area contributed by atoms with Gasteiger partial charge in [-0.15, -0.1) is 0 Å². The molecule has 0 saturated carbocycles. The number of benzene rings is 2. The first-order chi connectivity index (χ1) is 10.3. The Morgan fingerprint density at radius 2 is 1.90 bits per heavy atom. The van der Waals surface area contributed by atoms with E-state index in [4.69, 9.17) is 4.74 Å². The van der Waals surface area contributed by atoms with Crippen molar-refractivity contribution in [2.45, 2.75) is 45.6 Å². The maximum atomic E-state index is 6.39. The Morgan fingerprint density at radius 3 is 2.67 bits per heavy atom. The highest BCUT2D eigenvalue weighted by atomic mass is 16.5. The Morgan fingerprint density at radius 1 is 1.10 bits per heavy atom. The molecule has 0 aliphatic carbocycles. The van der Waals surface area contributed by atoms with Crippen LogP contribution in [0.5, 0.6) is 5.75 Å². The van der Waals surface area contributed by atoms with Crippen LogP contribution in [0.1, 0.15) is 38.7 Å². The van der Waals surface area contributed by atoms with Crippen LogP contribution in [0.3, 0.4) is 0 Å². The van der Waals surface area contributed by atoms with Crippen molar-refractivity contribution in [2.24, 2.45) is 5.92 Å². The van der Waals surface area contributed by atoms with Crippen LogP contribution < -0.4 is 4.74 Å². The van der Waals surface area contributed by atoms with Crippen LogP contribution in [0.2, 0.25) is 0 Å². The van der Waals surface area contributed by atoms with E-state index in [9.17, 15) is 0 Å². The molecule has 21 heavy (non-hydrogen) atoms. The summed E-state index contributed by atoms with van der Waals surface area (Å²) in [4.78, 5) is 0. The van der Waals surface area contributed by atoms with Crippen molar-refractivity contribution in [3.05, 3.63) is 54.1 Å². The van der Waals surface area contributed by atoms with E-state index in [2.05, 4.69) is 62.4 Å². The molecule has 0 unspecified atom stereocenters. The van der Waals surface area contributed by atoms with Crippen molar-refractivity contribution < 1.29 is 4.74 Å². The molecule has 1 heteroatoms. The molecule has 2 atom stereocenters. The number of ether oxygens (including phenoxy) is 1. The average Bonchev–Trinajstić information content (AvgIpc) is 2.55. The lowest BCUT2D eigenvalue weighted by molar-refractivity contribution is 0.146. The highest BCUT2D eigenvalue weighted by molar-refractivity contribution is 5.72. The van der Waals surface area contributed by atoms with Gasteiger partial charge >= 0.3 is 0 Å². The summed E-state index contributed by atoms with van der Waals surface area (Å²) in [5, 5.41) is 0. The molecule has 2 aromatic rings. The average molecular weight is 280 g/mol. The first kappa shape index (κ1) is 14.2. The fraction of sp³-hybridized carbons (Fsp3) is 0.400. The molecule has 2 aromatic carbocycles. The fourth-order valence-electron chi connectivity index (χ4n) is 3.09. The molecule has 110 valence electrons. The molecular formula is C20H24O. The number of aryl methyl sites for hydroxylation is 1. The molecule has 1 aliphatic rings. The predicted octanol–water partition coefficient (Wildman–Crippen LogP) is 5.48. The van der Waals surface area contributed by atoms with Gasteiger partial charge in [0.25, 0.3) is 0 Å². The summed E-state index contributed by atoms with van der Waals surface area (Å²) >= 11 is 0. The standard InChI is InChI=1S/C20H24O/c1-3-15(2)14-18-13-12-17-10-7-11-19(20(17)21-18)16-8-5-4-6-9-16/h4-11,15,18H,3,12-14H2,1-2H3/t15-,18-/m0/s1. The number of hydrogen-bond acceptors (Lipinski definition) is 1. The van der Waals surface area contributed by atoms with Gasteiger partial charge in [0.05, 0.1) is 6.10 Å². The first-order valence-corrected chi connectivity index (χ1v) is 8.12. The first-order valence-electron chi connectivity index (χ1n) is 8.12. The summed E-state index contributed by atoms with van der Waals surface area (Å²) in [6, 6.07) is 17.1. The van der Waals surface area contributed by atoms with E-state index in [1.165, 1.54) is 29.5 Å². The van der Waals surface area contributed by atoms with Gasteiger partial charge in [-0.25, -0.2) is 0 Å². The van der Waals surface area contributed by atoms with Gasteiger partial charge in [-0.1, -0.05) is 68.8 Å². The van der Waals surface area contributed by atoms with Gasteiger partial charge in [0.1, 0.15) is 5.75 Å². The quantitative estimate of drug-likeness (QED) is 0.720. The largest absolute Gasteiger partial charge is 0.489 e. The molecule has 1 nitrogen and oxygen atoms in total. The second-order valence-corrected chi connectivity index (χ2v) is 6.19. The minimum Gasteiger partial charge on any atom is -0.489 e. The molecule has 1 heterocycles. The summed E-state index contributed by atoms with van der Waals surface area (Å²) in [6.07, 6.45) is 5.05. The van der Waals surface area contributed by atoms with Crippen LogP contribution >= 0.6 is 0 Å². The zero-order valence-electron chi connectivity index (χ0n) is 13.0. The topological polar surface area (TPSA) is 9.23 Å². The third-order valence-corrected chi connectivity index (χ3v) is 4.56. The van der Waals surface area contributed by atoms with Crippen molar-refractivity contribution in [2.75, 3.05) is 0 Å². The summed E-state index contributed by atoms with van der Waals surface area (Å²) in [5.41, 5.74) is 3.84. The molecule has 0 bridgehead atoms. The minimum atomic E-state index is 0.373. The highest BCUT2D eigenvalue weighted by Gasteiger charge is 2.23. The highest BCUT2D eigenvalue weighted by Crippen LogP contribution is 2.38. The van der Waals surface area contributed by atoms with Gasteiger partial charge in [-0.05, 0) is 36.3 Å². The SMILES string of the molecule is CC[C@H](C)C[C@@H]1CCc2cccc(-c3ccccc3)c2O1. The normalized spacial score (nSPS) is 18.7. The molecule has 0 N–H and O–H groups in total. The molecule has 0 spiro atoms. The Kier molecular flexibility index (Phi) is 4.28. The van der Waals surface area contributed by atoms with E-state index in [0.29, 0.717) is 6.10 Å². The summed E-state index contributed by atoms with van der Waals surface area (Å²) < 4.78 is 6.39. The van der Waals surface area contributed by atoms with E-state index in [0.717, 1.165) is 24.5 Å². The molecule has 0 aromatic heterocycles. The number of para-hydroxylation sites is 1. The van der Waals surface area contributed by atoms with Crippen LogP contribution in [-0.2, 0) is 6.42 Å². The molecule has 0 saturated heterocycles. The van der Waals surface area contributed by atoms with E-state index in [1.54, 1.807) is 0 Å². The molecule has 3 rings (SSSR count). The number of rotatable bonds is 4. The summed E-state index contributed by atoms with van der Waals surface area (Å²) in [5.74, 6) is 1.85. The smallest absolute Gasteiger partial charge is 0.130 e. The Balaban J connectivity index is 1.89. The lowest BCUT2D eigenvalue weighted by Crippen LogP contribution is -2.25. The van der Waals surface area contributed by atoms with E-state index >= 15 is 0 Å². The summed E-state index contributed by atoms with van der Waals surface area (Å²) in [7, 11) is 0. The van der Waals surface area contributed by atoms with E-state index in [-0.39, 0.29) is 0 Å². The van der Waals surface area contributed by atoms with Gasteiger partial charge in [-0.2, -0.15) is 0 Å². The fourth-order valence-corrected chi connectivity index (χ4v) is 3.09. The van der Waals surface area contributed by atoms with Crippen LogP contribution in [0.15, 0.2) is 48.5 Å². The van der Waals surface area contributed by atoms with Crippen molar-refractivity contribution >= 4 is 0 Å². The lowest BCUT2D eigenvalue weighted by atomic mass is 9.92. The van der Waals surface area contributed by atoms with Gasteiger partial charge in [0.15, 0.2) is 0 Å². The molecular weight excluding hydrogens is 256 g/mol. The summed E-state index contributed by atoms with van der Waals surface area (Å²) in [6.45, 7) is 4.58. The van der Waals surface area contributed by atoms with Crippen LogP contribution in [0.4, 0.5) is 0 Å². The molecule has 0 amide bonds. The van der Waals surface area contributed by atoms with Crippen LogP contribution in [0, 0.1) is 5.92 Å². The van der Waals surface area contributed by atoms with Gasteiger partial charge < -0.3 is 4.74 Å². The Labute approximate surface area is 128 Å². The maximum absolute atomic E-state index is 6.39. The third-order valence-electron chi connectivity index (χ3n) is 4.56. The second-order valence-electron chi connectivity index (χ2n) is 6.19. The molecule has 0 radical (unpaired) electrons. The maximum Gasteiger partial charge on any atom is 0.130 e. The number of fused-ring (bicyclic) bond motifs is 1. The van der Waals surface area contributed by atoms with Crippen LogP contribution in [0.25, 0.3) is 11.1 Å². The zero-order valence-corrected chi connectivity index (χ0v) is 13.0. The van der Waals surface area contributed by atoms with Crippen LogP contribution in [-0.4, -0.2) is 6.10 Å². The molecule has 1 aliphatic heterocycles. The Bertz CT molecular complexity index is 588. The van der Waals surface area contributed by atoms with Gasteiger partial charge in [0.2, 0.25) is 0 Å². The second kappa shape index (κ2) is 6.34. The van der Waals surface area contributed by atoms with Crippen molar-refractivity contribution in [1.82, 2.24) is 0 Å². The third kappa shape index (κ3) is 3.12. The van der Waals surface area contributed by atoms with Crippen molar-refractivity contribution in [3.8, 4) is 16.9 Å². The lowest BCUT2D eigenvalue weighted by Gasteiger charge is -2.29. The Hall–Kier alpha value is -1.76. The zero-order chi connectivity index (χ0) is 14.7. The van der Waals surface area contributed by atoms with Gasteiger partial charge in [-0.3, -0.25) is 0 Å². The van der Waals surface area contributed by atoms with E-state index in [1.807, 2.05) is 0 Å². The monoisotopic (exact) mass is 280 g/mol. The predicted molar refractivity (Wildman–Crippen MR) is 88.7 cm³/mol. The van der Waals surface area contributed by atoms with E-state index < -0.39 is 0 Å². The molecule has 0 fully saturated rings.